The number of fused-ring (bicyclic) bond motifs is 1. The Hall–Kier alpha value is -3.00. The number of para-hydroxylation sites is 1. The van der Waals surface area contributed by atoms with Crippen molar-refractivity contribution in [2.75, 3.05) is 43.4 Å². The molecule has 134 valence electrons. The Bertz CT molecular complexity index is 899. The van der Waals surface area contributed by atoms with Gasteiger partial charge in [0.25, 0.3) is 0 Å². The molecule has 1 amide bonds. The standard InChI is InChI=1S/C18H20N6O2/c1-23-6-8-24(9-7-23)18-19-11-13(12-20-18)21-17(25)10-15-14-4-2-3-5-16(14)26-22-15/h2-5,11-12H,6-10H2,1H3,(H,21,25). The molecule has 8 heteroatoms. The number of nitrogens with one attached hydrogen (secondary N) is 1. The van der Waals surface area contributed by atoms with Crippen LogP contribution < -0.4 is 10.2 Å². The van der Waals surface area contributed by atoms with Crippen LogP contribution in [0.5, 0.6) is 0 Å². The number of carbonyl (C=O) groups is 1. The van der Waals surface area contributed by atoms with Crippen LogP contribution in [0.2, 0.25) is 0 Å². The lowest BCUT2D eigenvalue weighted by atomic mass is 10.1. The van der Waals surface area contributed by atoms with Gasteiger partial charge in [-0.05, 0) is 19.2 Å². The molecule has 1 fully saturated rings. The number of piperazine rings is 1. The fourth-order valence-corrected chi connectivity index (χ4v) is 2.98. The summed E-state index contributed by atoms with van der Waals surface area (Å²) in [6.07, 6.45) is 3.41. The van der Waals surface area contributed by atoms with Crippen LogP contribution >= 0.6 is 0 Å². The number of hydrogen-bond donors (Lipinski definition) is 1. The Morgan fingerprint density at radius 1 is 1.15 bits per heavy atom. The zero-order chi connectivity index (χ0) is 17.9. The van der Waals surface area contributed by atoms with E-state index in [9.17, 15) is 4.79 Å². The number of nitrogens with zero attached hydrogens (tertiary/aromatic N) is 5. The van der Waals surface area contributed by atoms with E-state index in [1.54, 1.807) is 12.4 Å². The van der Waals surface area contributed by atoms with Gasteiger partial charge in [-0.25, -0.2) is 9.97 Å². The average Bonchev–Trinajstić information content (AvgIpc) is 3.06. The molecule has 2 aromatic heterocycles. The fourth-order valence-electron chi connectivity index (χ4n) is 2.98. The Morgan fingerprint density at radius 2 is 1.88 bits per heavy atom. The highest BCUT2D eigenvalue weighted by atomic mass is 16.5. The molecule has 0 unspecified atom stereocenters. The van der Waals surface area contributed by atoms with Gasteiger partial charge in [0.1, 0.15) is 5.69 Å². The number of likely N-dealkylation sites (N-methyl/N-ethyl adjacent to an activating group) is 1. The van der Waals surface area contributed by atoms with Crippen molar-refractivity contribution in [3.8, 4) is 0 Å². The van der Waals surface area contributed by atoms with E-state index in [0.717, 1.165) is 31.6 Å². The Kier molecular flexibility index (Phi) is 4.49. The maximum atomic E-state index is 12.3. The van der Waals surface area contributed by atoms with E-state index in [-0.39, 0.29) is 12.3 Å². The van der Waals surface area contributed by atoms with Gasteiger partial charge < -0.3 is 19.6 Å². The van der Waals surface area contributed by atoms with Gasteiger partial charge in [0.05, 0.1) is 24.5 Å². The van der Waals surface area contributed by atoms with Crippen molar-refractivity contribution in [3.05, 3.63) is 42.4 Å². The third-order valence-electron chi connectivity index (χ3n) is 4.49. The second-order valence-electron chi connectivity index (χ2n) is 6.41. The lowest BCUT2D eigenvalue weighted by Gasteiger charge is -2.32. The van der Waals surface area contributed by atoms with E-state index in [0.29, 0.717) is 22.9 Å². The summed E-state index contributed by atoms with van der Waals surface area (Å²) < 4.78 is 5.23. The molecule has 1 saturated heterocycles. The Labute approximate surface area is 150 Å². The molecule has 4 rings (SSSR count). The summed E-state index contributed by atoms with van der Waals surface area (Å²) >= 11 is 0. The molecule has 0 atom stereocenters. The van der Waals surface area contributed by atoms with Crippen molar-refractivity contribution in [2.45, 2.75) is 6.42 Å². The van der Waals surface area contributed by atoms with E-state index in [4.69, 9.17) is 4.52 Å². The van der Waals surface area contributed by atoms with Crippen LogP contribution in [-0.4, -0.2) is 59.2 Å². The molecule has 1 aromatic carbocycles. The fraction of sp³-hybridized carbons (Fsp3) is 0.333. The minimum Gasteiger partial charge on any atom is -0.356 e. The highest BCUT2D eigenvalue weighted by molar-refractivity contribution is 5.94. The first-order valence-corrected chi connectivity index (χ1v) is 8.58. The molecule has 3 heterocycles. The van der Waals surface area contributed by atoms with Crippen LogP contribution in [0, 0.1) is 0 Å². The third kappa shape index (κ3) is 3.50. The number of carbonyl (C=O) groups excluding carboxylic acids is 1. The van der Waals surface area contributed by atoms with Crippen LogP contribution in [0.25, 0.3) is 11.0 Å². The molecule has 1 aliphatic rings. The normalized spacial score (nSPS) is 15.3. The van der Waals surface area contributed by atoms with Crippen molar-refractivity contribution in [1.29, 1.82) is 0 Å². The summed E-state index contributed by atoms with van der Waals surface area (Å²) in [5, 5.41) is 7.64. The van der Waals surface area contributed by atoms with Gasteiger partial charge in [0.2, 0.25) is 11.9 Å². The third-order valence-corrected chi connectivity index (χ3v) is 4.49. The zero-order valence-corrected chi connectivity index (χ0v) is 14.6. The molecular weight excluding hydrogens is 332 g/mol. The van der Waals surface area contributed by atoms with Crippen LogP contribution in [0.4, 0.5) is 11.6 Å². The number of amides is 1. The minimum absolute atomic E-state index is 0.136. The van der Waals surface area contributed by atoms with Gasteiger partial charge in [-0.2, -0.15) is 0 Å². The highest BCUT2D eigenvalue weighted by Gasteiger charge is 2.17. The van der Waals surface area contributed by atoms with E-state index in [2.05, 4.69) is 37.3 Å². The van der Waals surface area contributed by atoms with Crippen LogP contribution in [0.15, 0.2) is 41.2 Å². The summed E-state index contributed by atoms with van der Waals surface area (Å²) in [7, 11) is 2.11. The molecule has 0 saturated carbocycles. The number of anilines is 2. The quantitative estimate of drug-likeness (QED) is 0.762. The van der Waals surface area contributed by atoms with Crippen LogP contribution in [-0.2, 0) is 11.2 Å². The summed E-state index contributed by atoms with van der Waals surface area (Å²) in [6, 6.07) is 7.49. The molecule has 26 heavy (non-hydrogen) atoms. The van der Waals surface area contributed by atoms with E-state index in [1.807, 2.05) is 24.3 Å². The minimum atomic E-state index is -0.181. The maximum Gasteiger partial charge on any atom is 0.230 e. The van der Waals surface area contributed by atoms with Crippen molar-refractivity contribution in [1.82, 2.24) is 20.0 Å². The van der Waals surface area contributed by atoms with Gasteiger partial charge in [0, 0.05) is 31.6 Å². The largest absolute Gasteiger partial charge is 0.356 e. The number of hydrogen-bond acceptors (Lipinski definition) is 7. The molecule has 1 aliphatic heterocycles. The van der Waals surface area contributed by atoms with Gasteiger partial charge in [0.15, 0.2) is 5.58 Å². The summed E-state index contributed by atoms with van der Waals surface area (Å²) in [4.78, 5) is 25.5. The second-order valence-corrected chi connectivity index (χ2v) is 6.41. The van der Waals surface area contributed by atoms with Gasteiger partial charge in [-0.1, -0.05) is 17.3 Å². The highest BCUT2D eigenvalue weighted by Crippen LogP contribution is 2.19. The molecule has 0 radical (unpaired) electrons. The van der Waals surface area contributed by atoms with Gasteiger partial charge in [-0.3, -0.25) is 4.79 Å². The summed E-state index contributed by atoms with van der Waals surface area (Å²) in [5.74, 6) is 0.513. The van der Waals surface area contributed by atoms with E-state index < -0.39 is 0 Å². The Balaban J connectivity index is 1.38. The molecule has 0 bridgehead atoms. The topological polar surface area (TPSA) is 87.4 Å². The van der Waals surface area contributed by atoms with Crippen molar-refractivity contribution >= 4 is 28.5 Å². The van der Waals surface area contributed by atoms with Gasteiger partial charge in [-0.15, -0.1) is 0 Å². The monoisotopic (exact) mass is 352 g/mol. The zero-order valence-electron chi connectivity index (χ0n) is 14.6. The molecule has 3 aromatic rings. The first-order valence-electron chi connectivity index (χ1n) is 8.58. The molecule has 0 spiro atoms. The molecule has 0 aliphatic carbocycles. The lowest BCUT2D eigenvalue weighted by molar-refractivity contribution is -0.115. The maximum absolute atomic E-state index is 12.3. The predicted molar refractivity (Wildman–Crippen MR) is 98.1 cm³/mol. The first kappa shape index (κ1) is 16.5. The predicted octanol–water partition coefficient (Wildman–Crippen LogP) is 1.55. The smallest absolute Gasteiger partial charge is 0.230 e. The van der Waals surface area contributed by atoms with Crippen molar-refractivity contribution in [2.24, 2.45) is 0 Å². The lowest BCUT2D eigenvalue weighted by Crippen LogP contribution is -2.45. The van der Waals surface area contributed by atoms with Crippen molar-refractivity contribution < 1.29 is 9.32 Å². The Morgan fingerprint density at radius 3 is 2.65 bits per heavy atom. The van der Waals surface area contributed by atoms with E-state index >= 15 is 0 Å². The molecule has 8 nitrogen and oxygen atoms in total. The first-order chi connectivity index (χ1) is 12.7. The van der Waals surface area contributed by atoms with Crippen molar-refractivity contribution in [3.63, 3.8) is 0 Å². The summed E-state index contributed by atoms with van der Waals surface area (Å²) in [5.41, 5.74) is 1.86. The number of benzene rings is 1. The van der Waals surface area contributed by atoms with E-state index in [1.165, 1.54) is 0 Å². The summed E-state index contributed by atoms with van der Waals surface area (Å²) in [6.45, 7) is 3.80. The average molecular weight is 352 g/mol. The SMILES string of the molecule is CN1CCN(c2ncc(NC(=O)Cc3noc4ccccc34)cn2)CC1. The van der Waals surface area contributed by atoms with Crippen LogP contribution in [0.1, 0.15) is 5.69 Å². The van der Waals surface area contributed by atoms with Gasteiger partial charge >= 0.3 is 0 Å². The second kappa shape index (κ2) is 7.09. The van der Waals surface area contributed by atoms with Crippen LogP contribution in [0.3, 0.4) is 0 Å². The number of aromatic nitrogens is 3. The molecule has 1 N–H and O–H groups in total. The molecular formula is C18H20N6O2. The number of rotatable bonds is 4.